The Balaban J connectivity index is 2.90. The van der Waals surface area contributed by atoms with Gasteiger partial charge in [0, 0.05) is 6.54 Å². The Morgan fingerprint density at radius 3 is 2.39 bits per heavy atom. The molecule has 0 saturated heterocycles. The SMILES string of the molecule is CCCOc1cccc(OCCNC)c1[N+](=O)[O-]. The average Bonchev–Trinajstić information content (AvgIpc) is 2.36. The van der Waals surface area contributed by atoms with Crippen LogP contribution in [-0.4, -0.2) is 31.7 Å². The van der Waals surface area contributed by atoms with E-state index in [1.54, 1.807) is 25.2 Å². The van der Waals surface area contributed by atoms with E-state index in [-0.39, 0.29) is 17.2 Å². The van der Waals surface area contributed by atoms with Crippen molar-refractivity contribution < 1.29 is 14.4 Å². The van der Waals surface area contributed by atoms with Crippen LogP contribution in [0.4, 0.5) is 5.69 Å². The molecule has 0 fully saturated rings. The van der Waals surface area contributed by atoms with Gasteiger partial charge in [-0.05, 0) is 25.6 Å². The fraction of sp³-hybridized carbons (Fsp3) is 0.500. The quantitative estimate of drug-likeness (QED) is 0.436. The van der Waals surface area contributed by atoms with Gasteiger partial charge in [0.05, 0.1) is 11.5 Å². The molecule has 0 amide bonds. The van der Waals surface area contributed by atoms with E-state index in [0.29, 0.717) is 19.8 Å². The van der Waals surface area contributed by atoms with E-state index in [1.807, 2.05) is 6.92 Å². The fourth-order valence-corrected chi connectivity index (χ4v) is 1.39. The number of nitro groups is 1. The average molecular weight is 254 g/mol. The zero-order valence-corrected chi connectivity index (χ0v) is 10.6. The third-order valence-corrected chi connectivity index (χ3v) is 2.22. The molecule has 0 bridgehead atoms. The lowest BCUT2D eigenvalue weighted by Gasteiger charge is -2.10. The number of rotatable bonds is 8. The second-order valence-electron chi connectivity index (χ2n) is 3.66. The van der Waals surface area contributed by atoms with Crippen molar-refractivity contribution in [3.63, 3.8) is 0 Å². The topological polar surface area (TPSA) is 73.6 Å². The maximum Gasteiger partial charge on any atom is 0.352 e. The van der Waals surface area contributed by atoms with Crippen molar-refractivity contribution in [3.05, 3.63) is 28.3 Å². The lowest BCUT2D eigenvalue weighted by molar-refractivity contribution is -0.386. The molecule has 1 aromatic rings. The molecular weight excluding hydrogens is 236 g/mol. The Morgan fingerprint density at radius 2 is 1.89 bits per heavy atom. The van der Waals surface area contributed by atoms with E-state index < -0.39 is 4.92 Å². The van der Waals surface area contributed by atoms with Gasteiger partial charge in [0.25, 0.3) is 0 Å². The van der Waals surface area contributed by atoms with Crippen molar-refractivity contribution >= 4 is 5.69 Å². The van der Waals surface area contributed by atoms with E-state index >= 15 is 0 Å². The summed E-state index contributed by atoms with van der Waals surface area (Å²) >= 11 is 0. The standard InChI is InChI=1S/C12H18N2O4/c1-3-8-17-10-5-4-6-11(12(10)14(15)16)18-9-7-13-2/h4-6,13H,3,7-9H2,1-2H3. The number of nitrogens with one attached hydrogen (secondary N) is 1. The number of nitro benzene ring substituents is 1. The summed E-state index contributed by atoms with van der Waals surface area (Å²) in [5.41, 5.74) is -0.109. The third kappa shape index (κ3) is 3.89. The highest BCUT2D eigenvalue weighted by atomic mass is 16.6. The number of hydrogen-bond acceptors (Lipinski definition) is 5. The number of ether oxygens (including phenoxy) is 2. The summed E-state index contributed by atoms with van der Waals surface area (Å²) in [6, 6.07) is 4.85. The summed E-state index contributed by atoms with van der Waals surface area (Å²) in [6.07, 6.45) is 0.794. The molecule has 6 heteroatoms. The molecule has 0 aromatic heterocycles. The highest BCUT2D eigenvalue weighted by molar-refractivity contribution is 5.57. The van der Waals surface area contributed by atoms with Gasteiger partial charge < -0.3 is 14.8 Å². The van der Waals surface area contributed by atoms with E-state index in [0.717, 1.165) is 6.42 Å². The van der Waals surface area contributed by atoms with Crippen LogP contribution in [0.5, 0.6) is 11.5 Å². The number of benzene rings is 1. The van der Waals surface area contributed by atoms with Crippen LogP contribution in [0.15, 0.2) is 18.2 Å². The molecule has 0 radical (unpaired) electrons. The molecule has 0 aliphatic heterocycles. The lowest BCUT2D eigenvalue weighted by atomic mass is 10.2. The Hall–Kier alpha value is -1.82. The van der Waals surface area contributed by atoms with Gasteiger partial charge >= 0.3 is 5.69 Å². The molecule has 18 heavy (non-hydrogen) atoms. The van der Waals surface area contributed by atoms with E-state index in [9.17, 15) is 10.1 Å². The molecule has 6 nitrogen and oxygen atoms in total. The first-order valence-corrected chi connectivity index (χ1v) is 5.88. The molecule has 100 valence electrons. The number of likely N-dealkylation sites (N-methyl/N-ethyl adjacent to an activating group) is 1. The summed E-state index contributed by atoms with van der Waals surface area (Å²) in [5, 5.41) is 14.0. The van der Waals surface area contributed by atoms with Crippen LogP contribution in [-0.2, 0) is 0 Å². The first-order chi connectivity index (χ1) is 8.70. The van der Waals surface area contributed by atoms with Crippen molar-refractivity contribution in [2.24, 2.45) is 0 Å². The molecule has 0 aliphatic rings. The van der Waals surface area contributed by atoms with Crippen molar-refractivity contribution in [2.45, 2.75) is 13.3 Å². The Kier molecular flexibility index (Phi) is 5.93. The summed E-state index contributed by atoms with van der Waals surface area (Å²) in [5.74, 6) is 0.493. The van der Waals surface area contributed by atoms with Crippen molar-refractivity contribution in [2.75, 3.05) is 26.8 Å². The molecule has 1 N–H and O–H groups in total. The summed E-state index contributed by atoms with van der Waals surface area (Å²) in [4.78, 5) is 10.6. The summed E-state index contributed by atoms with van der Waals surface area (Å²) in [7, 11) is 1.79. The minimum absolute atomic E-state index is 0.109. The highest BCUT2D eigenvalue weighted by Gasteiger charge is 2.22. The van der Waals surface area contributed by atoms with Crippen molar-refractivity contribution in [3.8, 4) is 11.5 Å². The molecule has 0 atom stereocenters. The number of para-hydroxylation sites is 1. The molecule has 1 rings (SSSR count). The fourth-order valence-electron chi connectivity index (χ4n) is 1.39. The van der Waals surface area contributed by atoms with Gasteiger partial charge in [-0.25, -0.2) is 0 Å². The Morgan fingerprint density at radius 1 is 1.28 bits per heavy atom. The normalized spacial score (nSPS) is 10.1. The largest absolute Gasteiger partial charge is 0.487 e. The Labute approximate surface area is 106 Å². The van der Waals surface area contributed by atoms with Crippen molar-refractivity contribution in [1.29, 1.82) is 0 Å². The predicted octanol–water partition coefficient (Wildman–Crippen LogP) is 1.98. The van der Waals surface area contributed by atoms with Gasteiger partial charge in [0.1, 0.15) is 6.61 Å². The van der Waals surface area contributed by atoms with E-state index in [2.05, 4.69) is 5.32 Å². The van der Waals surface area contributed by atoms with E-state index in [1.165, 1.54) is 0 Å². The molecule has 0 heterocycles. The molecule has 0 spiro atoms. The highest BCUT2D eigenvalue weighted by Crippen LogP contribution is 2.36. The minimum atomic E-state index is -0.473. The maximum atomic E-state index is 11.1. The second-order valence-corrected chi connectivity index (χ2v) is 3.66. The van der Waals surface area contributed by atoms with Crippen LogP contribution in [0, 0.1) is 10.1 Å². The van der Waals surface area contributed by atoms with Crippen LogP contribution in [0.3, 0.4) is 0 Å². The lowest BCUT2D eigenvalue weighted by Crippen LogP contribution is -2.16. The zero-order chi connectivity index (χ0) is 13.4. The van der Waals surface area contributed by atoms with Gasteiger partial charge in [-0.1, -0.05) is 13.0 Å². The van der Waals surface area contributed by atoms with Crippen LogP contribution >= 0.6 is 0 Å². The minimum Gasteiger partial charge on any atom is -0.487 e. The van der Waals surface area contributed by atoms with Crippen LogP contribution in [0.2, 0.25) is 0 Å². The predicted molar refractivity (Wildman–Crippen MR) is 68.3 cm³/mol. The summed E-state index contributed by atoms with van der Waals surface area (Å²) < 4.78 is 10.7. The molecule has 0 aliphatic carbocycles. The summed E-state index contributed by atoms with van der Waals surface area (Å²) in [6.45, 7) is 3.38. The zero-order valence-electron chi connectivity index (χ0n) is 10.6. The van der Waals surface area contributed by atoms with E-state index in [4.69, 9.17) is 9.47 Å². The van der Waals surface area contributed by atoms with Crippen LogP contribution in [0.25, 0.3) is 0 Å². The van der Waals surface area contributed by atoms with Gasteiger partial charge in [0.2, 0.25) is 11.5 Å². The number of nitrogens with zero attached hydrogens (tertiary/aromatic N) is 1. The first-order valence-electron chi connectivity index (χ1n) is 5.88. The molecule has 1 aromatic carbocycles. The van der Waals surface area contributed by atoms with Crippen LogP contribution < -0.4 is 14.8 Å². The smallest absolute Gasteiger partial charge is 0.352 e. The van der Waals surface area contributed by atoms with Gasteiger partial charge in [-0.3, -0.25) is 10.1 Å². The maximum absolute atomic E-state index is 11.1. The molecule has 0 unspecified atom stereocenters. The first kappa shape index (κ1) is 14.2. The Bertz CT molecular complexity index is 396. The second kappa shape index (κ2) is 7.50. The number of hydrogen-bond donors (Lipinski definition) is 1. The van der Waals surface area contributed by atoms with Gasteiger partial charge in [0.15, 0.2) is 0 Å². The molecule has 0 saturated carbocycles. The monoisotopic (exact) mass is 254 g/mol. The van der Waals surface area contributed by atoms with Crippen molar-refractivity contribution in [1.82, 2.24) is 5.32 Å². The molecular formula is C12H18N2O4. The van der Waals surface area contributed by atoms with Gasteiger partial charge in [-0.15, -0.1) is 0 Å². The van der Waals surface area contributed by atoms with Gasteiger partial charge in [-0.2, -0.15) is 0 Å². The van der Waals surface area contributed by atoms with Crippen LogP contribution in [0.1, 0.15) is 13.3 Å². The third-order valence-electron chi connectivity index (χ3n) is 2.22.